The highest BCUT2D eigenvalue weighted by atomic mass is 28.3. The summed E-state index contributed by atoms with van der Waals surface area (Å²) in [4.78, 5) is 7.21. The van der Waals surface area contributed by atoms with Gasteiger partial charge in [-0.1, -0.05) is 50.0 Å². The molecule has 0 aliphatic carbocycles. The lowest BCUT2D eigenvalue weighted by atomic mass is 10.1. The average Bonchev–Trinajstić information content (AvgIpc) is 3.10. The van der Waals surface area contributed by atoms with E-state index in [4.69, 9.17) is 4.74 Å². The third-order valence-corrected chi connectivity index (χ3v) is 8.39. The number of fused-ring (bicyclic) bond motifs is 1. The number of anilines is 1. The van der Waals surface area contributed by atoms with E-state index in [0.717, 1.165) is 67.4 Å². The van der Waals surface area contributed by atoms with E-state index >= 15 is 0 Å². The van der Waals surface area contributed by atoms with Gasteiger partial charge < -0.3 is 19.7 Å². The summed E-state index contributed by atoms with van der Waals surface area (Å²) in [6, 6.07) is 14.4. The van der Waals surface area contributed by atoms with Crippen LogP contribution in [-0.2, 0) is 24.6 Å². The lowest BCUT2D eigenvalue weighted by Crippen LogP contribution is -2.26. The van der Waals surface area contributed by atoms with Gasteiger partial charge in [-0.05, 0) is 43.5 Å². The molecule has 0 saturated carbocycles. The first-order chi connectivity index (χ1) is 16.4. The van der Waals surface area contributed by atoms with Crippen molar-refractivity contribution in [1.29, 1.82) is 0 Å². The minimum absolute atomic E-state index is 0.0178. The Bertz CT molecular complexity index is 1050. The summed E-state index contributed by atoms with van der Waals surface area (Å²) in [5.41, 5.74) is 4.16. The standard InChI is InChI=1S/C27H40N4O2Si/c1-34(2,3)17-16-33-21-31-15-12-25-26(23(20-32)18-28-27(25)31)29-24-10-7-13-30(14-11-24)19-22-8-5-4-6-9-22/h4-6,8-9,12,15,18,24,32H,7,10-11,13-14,16-17,19-21H2,1-3H3,(H,28,29). The van der Waals surface area contributed by atoms with Crippen molar-refractivity contribution < 1.29 is 9.84 Å². The molecule has 1 saturated heterocycles. The van der Waals surface area contributed by atoms with Crippen LogP contribution >= 0.6 is 0 Å². The van der Waals surface area contributed by atoms with Gasteiger partial charge in [-0.25, -0.2) is 4.98 Å². The number of aromatic nitrogens is 2. The van der Waals surface area contributed by atoms with Gasteiger partial charge >= 0.3 is 0 Å². The number of nitrogens with one attached hydrogen (secondary N) is 1. The van der Waals surface area contributed by atoms with Gasteiger partial charge in [0.2, 0.25) is 0 Å². The second-order valence-corrected chi connectivity index (χ2v) is 16.3. The van der Waals surface area contributed by atoms with E-state index in [1.54, 1.807) is 0 Å². The number of ether oxygens (including phenoxy) is 1. The first-order valence-electron chi connectivity index (χ1n) is 12.6. The molecule has 6 nitrogen and oxygen atoms in total. The Morgan fingerprint density at radius 2 is 1.94 bits per heavy atom. The molecule has 0 radical (unpaired) electrons. The highest BCUT2D eigenvalue weighted by Gasteiger charge is 2.20. The van der Waals surface area contributed by atoms with Crippen molar-refractivity contribution >= 4 is 24.8 Å². The van der Waals surface area contributed by atoms with E-state index < -0.39 is 8.07 Å². The van der Waals surface area contributed by atoms with Crippen molar-refractivity contribution in [2.45, 2.75) is 70.9 Å². The third-order valence-electron chi connectivity index (χ3n) is 6.68. The molecule has 1 aliphatic rings. The van der Waals surface area contributed by atoms with Crippen molar-refractivity contribution in [3.8, 4) is 0 Å². The lowest BCUT2D eigenvalue weighted by Gasteiger charge is -2.22. The number of likely N-dealkylation sites (tertiary alicyclic amines) is 1. The van der Waals surface area contributed by atoms with Crippen molar-refractivity contribution in [2.24, 2.45) is 0 Å². The molecule has 0 bridgehead atoms. The first kappa shape index (κ1) is 24.9. The van der Waals surface area contributed by atoms with Crippen LogP contribution in [0.3, 0.4) is 0 Å². The van der Waals surface area contributed by atoms with Crippen LogP contribution in [0.2, 0.25) is 25.7 Å². The zero-order valence-corrected chi connectivity index (χ0v) is 22.0. The summed E-state index contributed by atoms with van der Waals surface area (Å²) in [5.74, 6) is 0. The van der Waals surface area contributed by atoms with Gasteiger partial charge in [0.25, 0.3) is 0 Å². The average molecular weight is 481 g/mol. The maximum Gasteiger partial charge on any atom is 0.143 e. The van der Waals surface area contributed by atoms with Crippen LogP contribution in [0.15, 0.2) is 48.8 Å². The smallest absolute Gasteiger partial charge is 0.143 e. The summed E-state index contributed by atoms with van der Waals surface area (Å²) < 4.78 is 8.04. The topological polar surface area (TPSA) is 62.5 Å². The van der Waals surface area contributed by atoms with Gasteiger partial charge in [0.15, 0.2) is 0 Å². The fraction of sp³-hybridized carbons (Fsp3) is 0.519. The molecule has 4 rings (SSSR count). The summed E-state index contributed by atoms with van der Waals surface area (Å²) >= 11 is 0. The Kier molecular flexibility index (Phi) is 8.42. The zero-order valence-electron chi connectivity index (χ0n) is 21.0. The predicted octanol–water partition coefficient (Wildman–Crippen LogP) is 5.31. The number of nitrogens with zero attached hydrogens (tertiary/aromatic N) is 3. The van der Waals surface area contributed by atoms with Crippen LogP contribution in [0.25, 0.3) is 11.0 Å². The fourth-order valence-corrected chi connectivity index (χ4v) is 5.38. The fourth-order valence-electron chi connectivity index (χ4n) is 4.62. The number of pyridine rings is 1. The second-order valence-electron chi connectivity index (χ2n) is 10.7. The maximum atomic E-state index is 10.0. The summed E-state index contributed by atoms with van der Waals surface area (Å²) in [7, 11) is -1.10. The molecule has 184 valence electrons. The monoisotopic (exact) mass is 480 g/mol. The molecule has 3 aromatic rings. The van der Waals surface area contributed by atoms with Crippen LogP contribution < -0.4 is 5.32 Å². The zero-order chi connectivity index (χ0) is 24.0. The normalized spacial score (nSPS) is 17.7. The molecule has 0 spiro atoms. The molecular weight excluding hydrogens is 440 g/mol. The van der Waals surface area contributed by atoms with Gasteiger partial charge in [-0.15, -0.1) is 0 Å². The quantitative estimate of drug-likeness (QED) is 0.304. The number of aliphatic hydroxyl groups is 1. The SMILES string of the molecule is C[Si](C)(C)CCOCn1ccc2c(NC3CCCN(Cc4ccccc4)CC3)c(CO)cnc21. The van der Waals surface area contributed by atoms with Crippen molar-refractivity contribution in [3.05, 3.63) is 59.9 Å². The first-order valence-corrected chi connectivity index (χ1v) is 16.3. The number of benzene rings is 1. The molecule has 0 amide bonds. The molecule has 1 aromatic carbocycles. The highest BCUT2D eigenvalue weighted by Crippen LogP contribution is 2.29. The minimum Gasteiger partial charge on any atom is -0.392 e. The van der Waals surface area contributed by atoms with E-state index in [0.29, 0.717) is 12.8 Å². The lowest BCUT2D eigenvalue weighted by molar-refractivity contribution is 0.0899. The summed E-state index contributed by atoms with van der Waals surface area (Å²) in [5, 5.41) is 14.9. The van der Waals surface area contributed by atoms with E-state index in [-0.39, 0.29) is 6.61 Å². The molecule has 2 N–H and O–H groups in total. The van der Waals surface area contributed by atoms with Crippen molar-refractivity contribution in [2.75, 3.05) is 25.0 Å². The number of rotatable bonds is 10. The van der Waals surface area contributed by atoms with Gasteiger partial charge in [0.05, 0.1) is 12.3 Å². The van der Waals surface area contributed by atoms with E-state index in [1.165, 1.54) is 12.0 Å². The molecule has 34 heavy (non-hydrogen) atoms. The van der Waals surface area contributed by atoms with E-state index in [9.17, 15) is 5.11 Å². The van der Waals surface area contributed by atoms with Crippen LogP contribution in [0.5, 0.6) is 0 Å². The predicted molar refractivity (Wildman–Crippen MR) is 143 cm³/mol. The molecule has 1 unspecified atom stereocenters. The second kappa shape index (κ2) is 11.5. The van der Waals surface area contributed by atoms with E-state index in [2.05, 4.69) is 75.8 Å². The van der Waals surface area contributed by atoms with Crippen molar-refractivity contribution in [1.82, 2.24) is 14.5 Å². The van der Waals surface area contributed by atoms with Crippen LogP contribution in [0.4, 0.5) is 5.69 Å². The number of hydrogen-bond donors (Lipinski definition) is 2. The van der Waals surface area contributed by atoms with Crippen LogP contribution in [-0.4, -0.2) is 53.4 Å². The molecule has 2 aromatic heterocycles. The van der Waals surface area contributed by atoms with Crippen molar-refractivity contribution in [3.63, 3.8) is 0 Å². The summed E-state index contributed by atoms with van der Waals surface area (Å²) in [6.45, 7) is 11.6. The number of aliphatic hydroxyl groups excluding tert-OH is 1. The van der Waals surface area contributed by atoms with Gasteiger partial charge in [0.1, 0.15) is 12.4 Å². The van der Waals surface area contributed by atoms with Gasteiger partial charge in [-0.2, -0.15) is 0 Å². The van der Waals surface area contributed by atoms with Gasteiger partial charge in [-0.3, -0.25) is 4.90 Å². The Morgan fingerprint density at radius 3 is 2.71 bits per heavy atom. The van der Waals surface area contributed by atoms with E-state index in [1.807, 2.05) is 12.4 Å². The third kappa shape index (κ3) is 6.69. The number of hydrogen-bond acceptors (Lipinski definition) is 5. The molecule has 3 heterocycles. The molecule has 1 aliphatic heterocycles. The largest absolute Gasteiger partial charge is 0.392 e. The van der Waals surface area contributed by atoms with Crippen LogP contribution in [0, 0.1) is 0 Å². The molecule has 7 heteroatoms. The minimum atomic E-state index is -1.10. The molecular formula is C27H40N4O2Si. The van der Waals surface area contributed by atoms with Crippen LogP contribution in [0.1, 0.15) is 30.4 Å². The van der Waals surface area contributed by atoms with Gasteiger partial charge in [0, 0.05) is 57.2 Å². The Hall–Kier alpha value is -2.19. The molecule has 1 atom stereocenters. The summed E-state index contributed by atoms with van der Waals surface area (Å²) in [6.07, 6.45) is 7.23. The molecule has 1 fully saturated rings. The maximum absolute atomic E-state index is 10.0. The Balaban J connectivity index is 1.42. The Labute approximate surface area is 205 Å². The Morgan fingerprint density at radius 1 is 1.12 bits per heavy atom. The highest BCUT2D eigenvalue weighted by molar-refractivity contribution is 6.76.